The quantitative estimate of drug-likeness (QED) is 0.730. The van der Waals surface area contributed by atoms with Gasteiger partial charge < -0.3 is 15.0 Å². The van der Waals surface area contributed by atoms with Gasteiger partial charge in [-0.25, -0.2) is 4.79 Å². The zero-order valence-corrected chi connectivity index (χ0v) is 18.0. The Hall–Kier alpha value is -1.20. The fraction of sp³-hybridized carbons (Fsp3) is 0.682. The lowest BCUT2D eigenvalue weighted by Crippen LogP contribution is -2.45. The van der Waals surface area contributed by atoms with Crippen molar-refractivity contribution in [2.24, 2.45) is 11.8 Å². The molecule has 0 saturated carbocycles. The Kier molecular flexibility index (Phi) is 6.74. The molecule has 0 bridgehead atoms. The number of nitrogens with one attached hydrogen (secondary N) is 1. The molecule has 0 aliphatic carbocycles. The lowest BCUT2D eigenvalue weighted by atomic mass is 9.76. The molecule has 2 aliphatic heterocycles. The van der Waals surface area contributed by atoms with E-state index in [2.05, 4.69) is 35.8 Å². The van der Waals surface area contributed by atoms with Crippen molar-refractivity contribution >= 4 is 17.9 Å². The first-order valence-corrected chi connectivity index (χ1v) is 11.4. The summed E-state index contributed by atoms with van der Waals surface area (Å²) in [5.74, 6) is 1.47. The van der Waals surface area contributed by atoms with Crippen LogP contribution in [0, 0.1) is 11.8 Å². The van der Waals surface area contributed by atoms with Crippen LogP contribution in [-0.2, 0) is 4.74 Å². The number of thioether (sulfide) groups is 1. The molecule has 150 valence electrons. The lowest BCUT2D eigenvalue weighted by Gasteiger charge is -2.43. The summed E-state index contributed by atoms with van der Waals surface area (Å²) in [6, 6.07) is 8.84. The number of piperidine rings is 2. The molecule has 0 spiro atoms. The van der Waals surface area contributed by atoms with Gasteiger partial charge in [0.25, 0.3) is 0 Å². The third-order valence-corrected chi connectivity index (χ3v) is 6.57. The van der Waals surface area contributed by atoms with E-state index in [0.717, 1.165) is 38.4 Å². The van der Waals surface area contributed by atoms with Gasteiger partial charge in [-0.3, -0.25) is 0 Å². The smallest absolute Gasteiger partial charge is 0.410 e. The van der Waals surface area contributed by atoms with Crippen LogP contribution < -0.4 is 5.32 Å². The molecule has 1 unspecified atom stereocenters. The number of hydrogen-bond donors (Lipinski definition) is 1. The minimum atomic E-state index is -0.462. The number of rotatable bonds is 3. The second-order valence-electron chi connectivity index (χ2n) is 8.83. The molecular formula is C22H34N2O2S. The van der Waals surface area contributed by atoms with Crippen molar-refractivity contribution in [2.45, 2.75) is 63.0 Å². The molecule has 2 heterocycles. The molecule has 5 heteroatoms. The van der Waals surface area contributed by atoms with Crippen molar-refractivity contribution < 1.29 is 9.53 Å². The first kappa shape index (κ1) is 20.5. The highest BCUT2D eigenvalue weighted by Crippen LogP contribution is 2.41. The molecule has 1 aromatic carbocycles. The van der Waals surface area contributed by atoms with Crippen molar-refractivity contribution in [1.82, 2.24) is 10.2 Å². The van der Waals surface area contributed by atoms with Crippen LogP contribution in [0.15, 0.2) is 29.2 Å². The number of ether oxygens (including phenoxy) is 1. The summed E-state index contributed by atoms with van der Waals surface area (Å²) in [6.45, 7) is 8.87. The Bertz CT molecular complexity index is 620. The monoisotopic (exact) mass is 390 g/mol. The number of carbonyl (C=O) groups is 1. The Balaban J connectivity index is 1.80. The van der Waals surface area contributed by atoms with Crippen molar-refractivity contribution in [1.29, 1.82) is 0 Å². The van der Waals surface area contributed by atoms with Crippen molar-refractivity contribution in [3.8, 4) is 0 Å². The normalized spacial score (nSPS) is 24.7. The van der Waals surface area contributed by atoms with Gasteiger partial charge in [0.15, 0.2) is 0 Å². The van der Waals surface area contributed by atoms with E-state index in [1.54, 1.807) is 11.8 Å². The summed E-state index contributed by atoms with van der Waals surface area (Å²) >= 11 is 1.75. The highest BCUT2D eigenvalue weighted by atomic mass is 32.2. The maximum atomic E-state index is 12.9. The maximum Gasteiger partial charge on any atom is 0.410 e. The highest BCUT2D eigenvalue weighted by molar-refractivity contribution is 7.98. The zero-order valence-electron chi connectivity index (χ0n) is 17.2. The highest BCUT2D eigenvalue weighted by Gasteiger charge is 2.37. The van der Waals surface area contributed by atoms with E-state index in [9.17, 15) is 4.79 Å². The summed E-state index contributed by atoms with van der Waals surface area (Å²) in [7, 11) is 0. The summed E-state index contributed by atoms with van der Waals surface area (Å²) in [4.78, 5) is 16.1. The SMILES string of the molecule is CSc1ccc([C@H]2CC(C3CCNCC3)CCN2C(=O)OC(C)(C)C)cc1. The summed E-state index contributed by atoms with van der Waals surface area (Å²) < 4.78 is 5.73. The van der Waals surface area contributed by atoms with Crippen LogP contribution in [0.2, 0.25) is 0 Å². The van der Waals surface area contributed by atoms with Gasteiger partial charge in [0.1, 0.15) is 5.60 Å². The third kappa shape index (κ3) is 5.41. The minimum Gasteiger partial charge on any atom is -0.444 e. The predicted octanol–water partition coefficient (Wildman–Crippen LogP) is 5.10. The molecule has 1 N–H and O–H groups in total. The number of nitrogens with zero attached hydrogens (tertiary/aromatic N) is 1. The Labute approximate surface area is 168 Å². The Morgan fingerprint density at radius 1 is 1.11 bits per heavy atom. The summed E-state index contributed by atoms with van der Waals surface area (Å²) in [5.41, 5.74) is 0.772. The molecule has 0 aromatic heterocycles. The van der Waals surface area contributed by atoms with E-state index in [1.165, 1.54) is 23.3 Å². The van der Waals surface area contributed by atoms with Gasteiger partial charge in [0.2, 0.25) is 0 Å². The summed E-state index contributed by atoms with van der Waals surface area (Å²) in [5, 5.41) is 3.48. The van der Waals surface area contributed by atoms with Gasteiger partial charge in [0, 0.05) is 11.4 Å². The van der Waals surface area contributed by atoms with Gasteiger partial charge in [-0.15, -0.1) is 11.8 Å². The number of amides is 1. The second-order valence-corrected chi connectivity index (χ2v) is 9.71. The lowest BCUT2D eigenvalue weighted by molar-refractivity contribution is -0.00113. The number of carbonyl (C=O) groups excluding carboxylic acids is 1. The Morgan fingerprint density at radius 3 is 2.37 bits per heavy atom. The predicted molar refractivity (Wildman–Crippen MR) is 112 cm³/mol. The van der Waals surface area contributed by atoms with Crippen LogP contribution in [0.3, 0.4) is 0 Å². The zero-order chi connectivity index (χ0) is 19.4. The number of likely N-dealkylation sites (tertiary alicyclic amines) is 1. The standard InChI is InChI=1S/C22H34N2O2S/c1-22(2,3)26-21(25)24-14-11-18(16-9-12-23-13-10-16)15-20(24)17-5-7-19(27-4)8-6-17/h5-8,16,18,20,23H,9-15H2,1-4H3/t18?,20-/m1/s1. The van der Waals surface area contributed by atoms with Crippen LogP contribution in [-0.4, -0.2) is 42.5 Å². The van der Waals surface area contributed by atoms with Gasteiger partial charge in [0.05, 0.1) is 6.04 Å². The first-order chi connectivity index (χ1) is 12.9. The van der Waals surface area contributed by atoms with Crippen LogP contribution in [0.1, 0.15) is 58.1 Å². The van der Waals surface area contributed by atoms with Crippen LogP contribution >= 0.6 is 11.8 Å². The van der Waals surface area contributed by atoms with E-state index in [1.807, 2.05) is 25.7 Å². The molecular weight excluding hydrogens is 356 g/mol. The summed E-state index contributed by atoms with van der Waals surface area (Å²) in [6.07, 6.45) is 6.57. The van der Waals surface area contributed by atoms with Crippen LogP contribution in [0.4, 0.5) is 4.79 Å². The van der Waals surface area contributed by atoms with E-state index >= 15 is 0 Å². The molecule has 3 rings (SSSR count). The molecule has 1 aromatic rings. The van der Waals surface area contributed by atoms with Crippen LogP contribution in [0.25, 0.3) is 0 Å². The average Bonchev–Trinajstić information content (AvgIpc) is 2.67. The molecule has 4 nitrogen and oxygen atoms in total. The van der Waals surface area contributed by atoms with E-state index in [4.69, 9.17) is 4.74 Å². The largest absolute Gasteiger partial charge is 0.444 e. The average molecular weight is 391 g/mol. The molecule has 27 heavy (non-hydrogen) atoms. The van der Waals surface area contributed by atoms with Gasteiger partial charge >= 0.3 is 6.09 Å². The first-order valence-electron chi connectivity index (χ1n) is 10.2. The molecule has 2 saturated heterocycles. The minimum absolute atomic E-state index is 0.115. The molecule has 2 atom stereocenters. The second kappa shape index (κ2) is 8.87. The van der Waals surface area contributed by atoms with Crippen molar-refractivity contribution in [3.63, 3.8) is 0 Å². The van der Waals surface area contributed by atoms with E-state index in [-0.39, 0.29) is 12.1 Å². The van der Waals surface area contributed by atoms with Gasteiger partial charge in [-0.05, 0) is 95.3 Å². The van der Waals surface area contributed by atoms with Crippen molar-refractivity contribution in [2.75, 3.05) is 25.9 Å². The Morgan fingerprint density at radius 2 is 1.78 bits per heavy atom. The molecule has 0 radical (unpaired) electrons. The molecule has 2 fully saturated rings. The fourth-order valence-corrected chi connectivity index (χ4v) is 4.83. The van der Waals surface area contributed by atoms with E-state index in [0.29, 0.717) is 5.92 Å². The topological polar surface area (TPSA) is 41.6 Å². The number of benzene rings is 1. The van der Waals surface area contributed by atoms with Crippen LogP contribution in [0.5, 0.6) is 0 Å². The van der Waals surface area contributed by atoms with Gasteiger partial charge in [-0.2, -0.15) is 0 Å². The fourth-order valence-electron chi connectivity index (χ4n) is 4.42. The van der Waals surface area contributed by atoms with Gasteiger partial charge in [-0.1, -0.05) is 12.1 Å². The maximum absolute atomic E-state index is 12.9. The third-order valence-electron chi connectivity index (χ3n) is 5.82. The molecule has 1 amide bonds. The van der Waals surface area contributed by atoms with E-state index < -0.39 is 5.60 Å². The number of hydrogen-bond acceptors (Lipinski definition) is 4. The van der Waals surface area contributed by atoms with Crippen molar-refractivity contribution in [3.05, 3.63) is 29.8 Å². The molecule has 2 aliphatic rings.